The lowest BCUT2D eigenvalue weighted by Gasteiger charge is -2.18. The van der Waals surface area contributed by atoms with E-state index in [4.69, 9.17) is 0 Å². The van der Waals surface area contributed by atoms with Gasteiger partial charge in [0.15, 0.2) is 0 Å². The lowest BCUT2D eigenvalue weighted by atomic mass is 10.2. The molecule has 1 aromatic rings. The molecule has 0 bridgehead atoms. The molecule has 19 heavy (non-hydrogen) atoms. The first-order valence-electron chi connectivity index (χ1n) is 5.57. The Hall–Kier alpha value is -0.600. The third kappa shape index (κ3) is 3.29. The Bertz CT molecular complexity index is 570. The monoisotopic (exact) mass is 357 g/mol. The predicted molar refractivity (Wildman–Crippen MR) is 67.0 cm³/mol. The summed E-state index contributed by atoms with van der Waals surface area (Å²) in [5.74, 6) is 0.229. The van der Waals surface area contributed by atoms with E-state index in [0.29, 0.717) is 0 Å². The Balaban J connectivity index is 2.39. The lowest BCUT2D eigenvalue weighted by Crippen LogP contribution is -2.26. The third-order valence-corrected chi connectivity index (χ3v) is 5.85. The molecule has 1 aromatic carbocycles. The van der Waals surface area contributed by atoms with Crippen LogP contribution < -0.4 is 0 Å². The minimum atomic E-state index is -4.70. The molecule has 0 amide bonds. The highest BCUT2D eigenvalue weighted by Gasteiger charge is 2.39. The summed E-state index contributed by atoms with van der Waals surface area (Å²) in [6.45, 7) is 0.189. The topological polar surface area (TPSA) is 37.4 Å². The maximum atomic E-state index is 12.8. The fraction of sp³-hybridized carbons (Fsp3) is 0.455. The van der Waals surface area contributed by atoms with Crippen molar-refractivity contribution in [3.63, 3.8) is 0 Å². The summed E-state index contributed by atoms with van der Waals surface area (Å²) >= 11 is 2.86. The Kier molecular flexibility index (Phi) is 3.95. The zero-order valence-electron chi connectivity index (χ0n) is 9.69. The number of benzene rings is 1. The van der Waals surface area contributed by atoms with Crippen molar-refractivity contribution < 1.29 is 21.6 Å². The molecule has 1 saturated carbocycles. The molecule has 3 nitrogen and oxygen atoms in total. The van der Waals surface area contributed by atoms with E-state index >= 15 is 0 Å². The highest BCUT2D eigenvalue weighted by atomic mass is 79.9. The van der Waals surface area contributed by atoms with E-state index in [2.05, 4.69) is 16.1 Å². The predicted octanol–water partition coefficient (Wildman–Crippen LogP) is 3.42. The van der Waals surface area contributed by atoms with Crippen molar-refractivity contribution in [3.8, 4) is 0 Å². The van der Waals surface area contributed by atoms with E-state index < -0.39 is 26.7 Å². The Morgan fingerprint density at radius 3 is 2.37 bits per heavy atom. The Morgan fingerprint density at radius 1 is 1.26 bits per heavy atom. The molecule has 0 atom stereocenters. The van der Waals surface area contributed by atoms with Gasteiger partial charge in [0.1, 0.15) is 0 Å². The van der Waals surface area contributed by atoms with Gasteiger partial charge < -0.3 is 0 Å². The summed E-state index contributed by atoms with van der Waals surface area (Å²) in [5, 5.41) is 0. The first kappa shape index (κ1) is 14.8. The number of rotatable bonds is 4. The van der Waals surface area contributed by atoms with E-state index in [1.165, 1.54) is 12.1 Å². The SMILES string of the molecule is O=S(=O)(c1ccccc1C(F)(F)F)N(Br)CC1CC1. The van der Waals surface area contributed by atoms with Crippen molar-refractivity contribution in [3.05, 3.63) is 29.8 Å². The van der Waals surface area contributed by atoms with Crippen molar-refractivity contribution in [1.29, 1.82) is 0 Å². The largest absolute Gasteiger partial charge is 0.417 e. The van der Waals surface area contributed by atoms with Crippen LogP contribution >= 0.6 is 16.1 Å². The first-order chi connectivity index (χ1) is 8.73. The van der Waals surface area contributed by atoms with Crippen LogP contribution in [0.15, 0.2) is 29.2 Å². The van der Waals surface area contributed by atoms with Crippen LogP contribution in [0.25, 0.3) is 0 Å². The average molecular weight is 358 g/mol. The van der Waals surface area contributed by atoms with Crippen molar-refractivity contribution >= 4 is 26.2 Å². The quantitative estimate of drug-likeness (QED) is 0.774. The summed E-state index contributed by atoms with van der Waals surface area (Å²) in [7, 11) is -4.18. The van der Waals surface area contributed by atoms with Gasteiger partial charge in [-0.3, -0.25) is 0 Å². The van der Waals surface area contributed by atoms with Crippen molar-refractivity contribution in [2.24, 2.45) is 5.92 Å². The first-order valence-corrected chi connectivity index (χ1v) is 7.72. The van der Waals surface area contributed by atoms with E-state index in [9.17, 15) is 21.6 Å². The summed E-state index contributed by atoms with van der Waals surface area (Å²) in [6, 6.07) is 4.19. The van der Waals surface area contributed by atoms with Gasteiger partial charge in [0.2, 0.25) is 0 Å². The van der Waals surface area contributed by atoms with Crippen LogP contribution in [0.4, 0.5) is 13.2 Å². The fourth-order valence-corrected chi connectivity index (χ4v) is 3.84. The molecule has 1 fully saturated rings. The van der Waals surface area contributed by atoms with Crippen LogP contribution in [0.5, 0.6) is 0 Å². The molecule has 1 aliphatic rings. The van der Waals surface area contributed by atoms with Crippen LogP contribution in [0.3, 0.4) is 0 Å². The molecular formula is C11H11BrF3NO2S. The second-order valence-electron chi connectivity index (χ2n) is 4.41. The molecule has 0 aliphatic heterocycles. The molecule has 0 spiro atoms. The number of hydrogen-bond donors (Lipinski definition) is 0. The number of alkyl halides is 3. The second-order valence-corrected chi connectivity index (χ2v) is 7.57. The van der Waals surface area contributed by atoms with Gasteiger partial charge >= 0.3 is 6.18 Å². The molecule has 0 saturated heterocycles. The van der Waals surface area contributed by atoms with Crippen molar-refractivity contribution in [2.45, 2.75) is 23.9 Å². The summed E-state index contributed by atoms with van der Waals surface area (Å²) in [4.78, 5) is -0.722. The molecule has 8 heteroatoms. The number of halogens is 4. The minimum absolute atomic E-state index is 0.189. The fourth-order valence-electron chi connectivity index (χ4n) is 1.63. The number of hydrogen-bond acceptors (Lipinski definition) is 2. The molecule has 106 valence electrons. The molecule has 2 rings (SSSR count). The molecular weight excluding hydrogens is 347 g/mol. The van der Waals surface area contributed by atoms with E-state index in [-0.39, 0.29) is 12.5 Å². The van der Waals surface area contributed by atoms with Crippen molar-refractivity contribution in [2.75, 3.05) is 6.54 Å². The zero-order chi connectivity index (χ0) is 14.3. The van der Waals surface area contributed by atoms with Gasteiger partial charge in [0.05, 0.1) is 10.5 Å². The van der Waals surface area contributed by atoms with E-state index in [0.717, 1.165) is 28.3 Å². The minimum Gasteiger partial charge on any atom is -0.206 e. The van der Waals surface area contributed by atoms with Gasteiger partial charge in [-0.25, -0.2) is 8.42 Å². The molecule has 0 radical (unpaired) electrons. The van der Waals surface area contributed by atoms with Gasteiger partial charge in [-0.05, 0) is 30.9 Å². The van der Waals surface area contributed by atoms with Gasteiger partial charge in [-0.2, -0.15) is 13.2 Å². The van der Waals surface area contributed by atoms with Crippen LogP contribution in [0.2, 0.25) is 0 Å². The van der Waals surface area contributed by atoms with E-state index in [1.54, 1.807) is 0 Å². The smallest absolute Gasteiger partial charge is 0.206 e. The maximum absolute atomic E-state index is 12.8. The Labute approximate surface area is 117 Å². The van der Waals surface area contributed by atoms with Crippen LogP contribution in [-0.4, -0.2) is 18.3 Å². The highest BCUT2D eigenvalue weighted by Crippen LogP contribution is 2.37. The lowest BCUT2D eigenvalue weighted by molar-refractivity contribution is -0.139. The van der Waals surface area contributed by atoms with Gasteiger partial charge in [-0.1, -0.05) is 12.1 Å². The van der Waals surface area contributed by atoms with Gasteiger partial charge in [0, 0.05) is 22.7 Å². The summed E-state index contributed by atoms with van der Waals surface area (Å²) in [6.07, 6.45) is -2.89. The van der Waals surface area contributed by atoms with Gasteiger partial charge in [0.25, 0.3) is 10.0 Å². The summed E-state index contributed by atoms with van der Waals surface area (Å²) < 4.78 is 63.6. The normalized spacial score (nSPS) is 16.9. The Morgan fingerprint density at radius 2 is 1.84 bits per heavy atom. The molecule has 0 heterocycles. The van der Waals surface area contributed by atoms with E-state index in [1.807, 2.05) is 0 Å². The number of sulfonamides is 1. The van der Waals surface area contributed by atoms with Gasteiger partial charge in [-0.15, -0.1) is 3.33 Å². The molecule has 0 unspecified atom stereocenters. The summed E-state index contributed by atoms with van der Waals surface area (Å²) in [5.41, 5.74) is -1.14. The van der Waals surface area contributed by atoms with Crippen LogP contribution in [0.1, 0.15) is 18.4 Å². The van der Waals surface area contributed by atoms with Crippen molar-refractivity contribution in [1.82, 2.24) is 3.33 Å². The third-order valence-electron chi connectivity index (χ3n) is 2.83. The highest BCUT2D eigenvalue weighted by molar-refractivity contribution is 9.08. The zero-order valence-corrected chi connectivity index (χ0v) is 12.1. The second kappa shape index (κ2) is 5.06. The maximum Gasteiger partial charge on any atom is 0.417 e. The molecule has 1 aliphatic carbocycles. The number of nitrogens with zero attached hydrogens (tertiary/aromatic N) is 1. The van der Waals surface area contributed by atoms with Crippen LogP contribution in [-0.2, 0) is 16.2 Å². The standard InChI is InChI=1S/C11H11BrF3NO2S/c12-16(7-8-5-6-8)19(17,18)10-4-2-1-3-9(10)11(13,14)15/h1-4,8H,5-7H2. The van der Waals surface area contributed by atoms with Crippen LogP contribution in [0, 0.1) is 5.92 Å². The molecule has 0 aromatic heterocycles. The molecule has 0 N–H and O–H groups in total. The average Bonchev–Trinajstić information content (AvgIpc) is 3.11.